The molecule has 0 saturated carbocycles. The first-order valence-electron chi connectivity index (χ1n) is 3.52. The minimum absolute atomic E-state index is 0.514. The van der Waals surface area contributed by atoms with E-state index >= 15 is 0 Å². The minimum Gasteiger partial charge on any atom is -0.198 e. The van der Waals surface area contributed by atoms with Gasteiger partial charge in [-0.1, -0.05) is 40.8 Å². The molecule has 0 fully saturated rings. The molecular formula is C9H8INS. The number of rotatable bonds is 3. The number of halogens is 1. The van der Waals surface area contributed by atoms with Crippen LogP contribution in [0.5, 0.6) is 0 Å². The normalized spacial score (nSPS) is 9.33. The quantitative estimate of drug-likeness (QED) is 0.484. The predicted octanol–water partition coefficient (Wildman–Crippen LogP) is 3.24. The number of hydrogen-bond acceptors (Lipinski definition) is 2. The van der Waals surface area contributed by atoms with Crippen LogP contribution in [0.25, 0.3) is 0 Å². The fraction of sp³-hybridized carbons (Fsp3) is 0.222. The average molecular weight is 289 g/mol. The van der Waals surface area contributed by atoms with Crippen LogP contribution in [0.15, 0.2) is 29.2 Å². The van der Waals surface area contributed by atoms with Crippen molar-refractivity contribution in [2.45, 2.75) is 11.3 Å². The SMILES string of the molecule is N#CCc1ccccc1SCI. The highest BCUT2D eigenvalue weighted by atomic mass is 127. The van der Waals surface area contributed by atoms with Crippen molar-refractivity contribution >= 4 is 34.4 Å². The monoisotopic (exact) mass is 289 g/mol. The zero-order valence-electron chi connectivity index (χ0n) is 6.46. The lowest BCUT2D eigenvalue weighted by molar-refractivity contribution is 1.18. The van der Waals surface area contributed by atoms with Crippen molar-refractivity contribution in [2.24, 2.45) is 0 Å². The van der Waals surface area contributed by atoms with Crippen LogP contribution >= 0.6 is 34.4 Å². The second-order valence-electron chi connectivity index (χ2n) is 2.20. The summed E-state index contributed by atoms with van der Waals surface area (Å²) in [6.45, 7) is 0. The van der Waals surface area contributed by atoms with E-state index in [4.69, 9.17) is 5.26 Å². The number of thioether (sulfide) groups is 1. The zero-order valence-corrected chi connectivity index (χ0v) is 9.43. The molecule has 62 valence electrons. The molecule has 3 heteroatoms. The maximum Gasteiger partial charge on any atom is 0.0670 e. The molecule has 0 N–H and O–H groups in total. The van der Waals surface area contributed by atoms with Gasteiger partial charge in [0.25, 0.3) is 0 Å². The third-order valence-corrected chi connectivity index (χ3v) is 3.20. The van der Waals surface area contributed by atoms with E-state index in [9.17, 15) is 0 Å². The van der Waals surface area contributed by atoms with Gasteiger partial charge in [0.15, 0.2) is 0 Å². The van der Waals surface area contributed by atoms with Crippen LogP contribution in [-0.2, 0) is 6.42 Å². The van der Waals surface area contributed by atoms with E-state index < -0.39 is 0 Å². The van der Waals surface area contributed by atoms with Crippen LogP contribution in [0.2, 0.25) is 0 Å². The smallest absolute Gasteiger partial charge is 0.0670 e. The molecule has 0 amide bonds. The van der Waals surface area contributed by atoms with Gasteiger partial charge in [0.05, 0.1) is 16.2 Å². The van der Waals surface area contributed by atoms with E-state index in [0.717, 1.165) is 9.32 Å². The zero-order chi connectivity index (χ0) is 8.81. The van der Waals surface area contributed by atoms with Crippen molar-refractivity contribution in [1.82, 2.24) is 0 Å². The summed E-state index contributed by atoms with van der Waals surface area (Å²) < 4.78 is 1.03. The summed E-state index contributed by atoms with van der Waals surface area (Å²) in [4.78, 5) is 1.23. The van der Waals surface area contributed by atoms with Crippen LogP contribution in [0.1, 0.15) is 5.56 Å². The summed E-state index contributed by atoms with van der Waals surface area (Å²) in [7, 11) is 0. The average Bonchev–Trinajstić information content (AvgIpc) is 2.09. The molecule has 0 aromatic heterocycles. The topological polar surface area (TPSA) is 23.8 Å². The van der Waals surface area contributed by atoms with Crippen LogP contribution in [0.3, 0.4) is 0 Å². The van der Waals surface area contributed by atoms with Gasteiger partial charge in [-0.2, -0.15) is 5.26 Å². The molecule has 1 nitrogen and oxygen atoms in total. The van der Waals surface area contributed by atoms with Gasteiger partial charge in [-0.3, -0.25) is 0 Å². The number of hydrogen-bond donors (Lipinski definition) is 0. The standard InChI is InChI=1S/C9H8INS/c10-7-12-9-4-2-1-3-8(9)5-6-11/h1-4H,5,7H2. The Morgan fingerprint density at radius 3 is 2.83 bits per heavy atom. The summed E-state index contributed by atoms with van der Waals surface area (Å²) in [5.41, 5.74) is 1.14. The third-order valence-electron chi connectivity index (χ3n) is 1.45. The molecule has 0 aliphatic carbocycles. The minimum atomic E-state index is 0.514. The van der Waals surface area contributed by atoms with E-state index in [1.807, 2.05) is 18.2 Å². The molecule has 12 heavy (non-hydrogen) atoms. The molecule has 0 radical (unpaired) electrons. The molecular weight excluding hydrogens is 281 g/mol. The lowest BCUT2D eigenvalue weighted by Gasteiger charge is -2.02. The Balaban J connectivity index is 2.85. The maximum atomic E-state index is 8.55. The summed E-state index contributed by atoms with van der Waals surface area (Å²) >= 11 is 4.09. The van der Waals surface area contributed by atoms with Gasteiger partial charge < -0.3 is 0 Å². The van der Waals surface area contributed by atoms with Gasteiger partial charge in [0.1, 0.15) is 0 Å². The summed E-state index contributed by atoms with van der Waals surface area (Å²) in [6, 6.07) is 10.2. The molecule has 1 rings (SSSR count). The number of nitriles is 1. The molecule has 0 aliphatic rings. The number of nitrogens with zero attached hydrogens (tertiary/aromatic N) is 1. The Labute approximate surface area is 90.3 Å². The fourth-order valence-electron chi connectivity index (χ4n) is 0.935. The van der Waals surface area contributed by atoms with Crippen molar-refractivity contribution < 1.29 is 0 Å². The molecule has 0 aliphatic heterocycles. The van der Waals surface area contributed by atoms with E-state index in [1.54, 1.807) is 11.8 Å². The summed E-state index contributed by atoms with van der Waals surface area (Å²) in [6.07, 6.45) is 0.514. The Kier molecular flexibility index (Phi) is 4.48. The molecule has 0 saturated heterocycles. The largest absolute Gasteiger partial charge is 0.198 e. The van der Waals surface area contributed by atoms with E-state index in [0.29, 0.717) is 6.42 Å². The van der Waals surface area contributed by atoms with Crippen LogP contribution in [-0.4, -0.2) is 3.76 Å². The molecule has 0 spiro atoms. The predicted molar refractivity (Wildman–Crippen MR) is 60.5 cm³/mol. The van der Waals surface area contributed by atoms with Crippen molar-refractivity contribution in [3.63, 3.8) is 0 Å². The first kappa shape index (κ1) is 9.87. The summed E-state index contributed by atoms with van der Waals surface area (Å²) in [5, 5.41) is 8.55. The second kappa shape index (κ2) is 5.44. The van der Waals surface area contributed by atoms with Gasteiger partial charge in [-0.05, 0) is 11.6 Å². The Morgan fingerprint density at radius 1 is 1.42 bits per heavy atom. The lowest BCUT2D eigenvalue weighted by Crippen LogP contribution is -1.84. The van der Waals surface area contributed by atoms with Gasteiger partial charge in [0.2, 0.25) is 0 Å². The number of alkyl halides is 1. The highest BCUT2D eigenvalue weighted by Crippen LogP contribution is 2.24. The van der Waals surface area contributed by atoms with Gasteiger partial charge in [-0.15, -0.1) is 11.8 Å². The van der Waals surface area contributed by atoms with Gasteiger partial charge >= 0.3 is 0 Å². The van der Waals surface area contributed by atoms with Crippen molar-refractivity contribution in [3.8, 4) is 6.07 Å². The maximum absolute atomic E-state index is 8.55. The lowest BCUT2D eigenvalue weighted by atomic mass is 10.2. The molecule has 1 aromatic rings. The van der Waals surface area contributed by atoms with E-state index in [-0.39, 0.29) is 0 Å². The third kappa shape index (κ3) is 2.68. The highest BCUT2D eigenvalue weighted by Gasteiger charge is 1.99. The first-order valence-corrected chi connectivity index (χ1v) is 6.03. The van der Waals surface area contributed by atoms with E-state index in [2.05, 4.69) is 34.7 Å². The Bertz CT molecular complexity index is 293. The fourth-order valence-corrected chi connectivity index (χ4v) is 2.56. The van der Waals surface area contributed by atoms with Crippen molar-refractivity contribution in [3.05, 3.63) is 29.8 Å². The summed E-state index contributed by atoms with van der Waals surface area (Å²) in [5.74, 6) is 0. The van der Waals surface area contributed by atoms with Crippen molar-refractivity contribution in [1.29, 1.82) is 5.26 Å². The first-order chi connectivity index (χ1) is 5.88. The molecule has 1 aromatic carbocycles. The van der Waals surface area contributed by atoms with Gasteiger partial charge in [0, 0.05) is 4.90 Å². The molecule has 0 heterocycles. The van der Waals surface area contributed by atoms with Crippen LogP contribution < -0.4 is 0 Å². The molecule has 0 atom stereocenters. The van der Waals surface area contributed by atoms with Crippen LogP contribution in [0.4, 0.5) is 0 Å². The molecule has 0 unspecified atom stereocenters. The van der Waals surface area contributed by atoms with Crippen molar-refractivity contribution in [2.75, 3.05) is 3.76 Å². The van der Waals surface area contributed by atoms with Crippen LogP contribution in [0, 0.1) is 11.3 Å². The molecule has 0 bridgehead atoms. The Hall–Kier alpha value is -0.210. The Morgan fingerprint density at radius 2 is 2.17 bits per heavy atom. The second-order valence-corrected chi connectivity index (χ2v) is 5.01. The number of benzene rings is 1. The highest BCUT2D eigenvalue weighted by molar-refractivity contribution is 14.1. The van der Waals surface area contributed by atoms with Gasteiger partial charge in [-0.25, -0.2) is 0 Å². The van der Waals surface area contributed by atoms with E-state index in [1.165, 1.54) is 4.90 Å².